The Labute approximate surface area is 93.3 Å². The lowest BCUT2D eigenvalue weighted by Gasteiger charge is -2.11. The standard InChI is InChI=1S/C8H7BBrF3O2/c1-9(14)5-2-6(10)4-7(3-5)15-8(11,12)13/h2-4,14H,1H3. The number of alkyl halides is 3. The first-order valence-electron chi connectivity index (χ1n) is 4.02. The summed E-state index contributed by atoms with van der Waals surface area (Å²) in [6, 6.07) is 3.84. The molecule has 0 spiro atoms. The molecule has 0 aliphatic rings. The molecule has 1 aromatic carbocycles. The fraction of sp³-hybridized carbons (Fsp3) is 0.250. The summed E-state index contributed by atoms with van der Waals surface area (Å²) in [5, 5.41) is 9.21. The van der Waals surface area contributed by atoms with Crippen LogP contribution in [0.4, 0.5) is 13.2 Å². The smallest absolute Gasteiger partial charge is 0.446 e. The second-order valence-corrected chi connectivity index (χ2v) is 3.86. The Morgan fingerprint density at radius 2 is 1.93 bits per heavy atom. The first-order chi connectivity index (χ1) is 6.78. The van der Waals surface area contributed by atoms with Crippen LogP contribution in [0.15, 0.2) is 22.7 Å². The van der Waals surface area contributed by atoms with Gasteiger partial charge < -0.3 is 9.76 Å². The van der Waals surface area contributed by atoms with E-state index in [2.05, 4.69) is 20.7 Å². The zero-order valence-corrected chi connectivity index (χ0v) is 9.26. The lowest BCUT2D eigenvalue weighted by molar-refractivity contribution is -0.274. The average Bonchev–Trinajstić information content (AvgIpc) is 1.99. The van der Waals surface area contributed by atoms with Crippen LogP contribution in [-0.2, 0) is 0 Å². The topological polar surface area (TPSA) is 29.5 Å². The summed E-state index contributed by atoms with van der Waals surface area (Å²) < 4.78 is 39.9. The Morgan fingerprint density at radius 3 is 2.40 bits per heavy atom. The third-order valence-electron chi connectivity index (χ3n) is 1.61. The van der Waals surface area contributed by atoms with Gasteiger partial charge in [-0.1, -0.05) is 28.8 Å². The molecule has 15 heavy (non-hydrogen) atoms. The highest BCUT2D eigenvalue weighted by molar-refractivity contribution is 9.10. The van der Waals surface area contributed by atoms with Crippen LogP contribution in [0.25, 0.3) is 0 Å². The van der Waals surface area contributed by atoms with E-state index in [1.165, 1.54) is 19.0 Å². The summed E-state index contributed by atoms with van der Waals surface area (Å²) in [5.74, 6) is -0.354. The molecule has 82 valence electrons. The van der Waals surface area contributed by atoms with Gasteiger partial charge in [0.15, 0.2) is 0 Å². The minimum atomic E-state index is -4.73. The monoisotopic (exact) mass is 282 g/mol. The molecule has 7 heteroatoms. The van der Waals surface area contributed by atoms with Crippen molar-refractivity contribution < 1.29 is 22.9 Å². The van der Waals surface area contributed by atoms with Crippen molar-refractivity contribution in [1.82, 2.24) is 0 Å². The van der Waals surface area contributed by atoms with Crippen molar-refractivity contribution in [2.24, 2.45) is 0 Å². The van der Waals surface area contributed by atoms with Crippen molar-refractivity contribution in [2.75, 3.05) is 0 Å². The molecule has 0 amide bonds. The maximum absolute atomic E-state index is 11.9. The number of hydrogen-bond donors (Lipinski definition) is 1. The van der Waals surface area contributed by atoms with Crippen LogP contribution in [0.3, 0.4) is 0 Å². The second-order valence-electron chi connectivity index (χ2n) is 2.94. The molecule has 2 nitrogen and oxygen atoms in total. The largest absolute Gasteiger partial charge is 0.573 e. The molecule has 0 fully saturated rings. The van der Waals surface area contributed by atoms with Crippen molar-refractivity contribution in [3.05, 3.63) is 22.7 Å². The van der Waals surface area contributed by atoms with Crippen LogP contribution in [-0.4, -0.2) is 18.3 Å². The third kappa shape index (κ3) is 4.13. The molecule has 0 aliphatic carbocycles. The highest BCUT2D eigenvalue weighted by Crippen LogP contribution is 2.24. The Hall–Kier alpha value is -0.685. The predicted molar refractivity (Wildman–Crippen MR) is 54.3 cm³/mol. The molecule has 1 rings (SSSR count). The molecule has 0 aromatic heterocycles. The van der Waals surface area contributed by atoms with Gasteiger partial charge >= 0.3 is 13.3 Å². The van der Waals surface area contributed by atoms with E-state index in [0.29, 0.717) is 9.94 Å². The van der Waals surface area contributed by atoms with Crippen LogP contribution < -0.4 is 10.2 Å². The molecule has 0 aliphatic heterocycles. The zero-order chi connectivity index (χ0) is 11.6. The van der Waals surface area contributed by atoms with E-state index in [-0.39, 0.29) is 5.75 Å². The van der Waals surface area contributed by atoms with E-state index >= 15 is 0 Å². The van der Waals surface area contributed by atoms with E-state index in [9.17, 15) is 18.2 Å². The van der Waals surface area contributed by atoms with Gasteiger partial charge in [-0.2, -0.15) is 0 Å². The van der Waals surface area contributed by atoms with E-state index in [4.69, 9.17) is 0 Å². The van der Waals surface area contributed by atoms with Crippen LogP contribution in [0, 0.1) is 0 Å². The van der Waals surface area contributed by atoms with Gasteiger partial charge in [0.2, 0.25) is 0 Å². The number of rotatable bonds is 2. The van der Waals surface area contributed by atoms with Gasteiger partial charge in [0, 0.05) is 4.47 Å². The minimum Gasteiger partial charge on any atom is -0.446 e. The summed E-state index contributed by atoms with van der Waals surface area (Å²) in [6.45, 7) is 0.608. The molecule has 1 N–H and O–H groups in total. The third-order valence-corrected chi connectivity index (χ3v) is 2.07. The van der Waals surface area contributed by atoms with E-state index in [1.807, 2.05) is 0 Å². The number of hydrogen-bond acceptors (Lipinski definition) is 2. The second kappa shape index (κ2) is 4.44. The number of halogens is 4. The number of ether oxygens (including phenoxy) is 1. The average molecular weight is 283 g/mol. The van der Waals surface area contributed by atoms with Gasteiger partial charge in [-0.05, 0) is 17.6 Å². The Bertz CT molecular complexity index is 354. The first kappa shape index (κ1) is 12.4. The zero-order valence-electron chi connectivity index (χ0n) is 7.68. The van der Waals surface area contributed by atoms with E-state index in [1.54, 1.807) is 0 Å². The fourth-order valence-electron chi connectivity index (χ4n) is 1.02. The maximum atomic E-state index is 11.9. The van der Waals surface area contributed by atoms with E-state index in [0.717, 1.165) is 6.07 Å². The molecule has 0 radical (unpaired) electrons. The Morgan fingerprint density at radius 1 is 1.33 bits per heavy atom. The quantitative estimate of drug-likeness (QED) is 0.843. The molecule has 0 atom stereocenters. The van der Waals surface area contributed by atoms with Gasteiger partial charge in [-0.25, -0.2) is 0 Å². The summed E-state index contributed by atoms with van der Waals surface area (Å²) >= 11 is 3.03. The van der Waals surface area contributed by atoms with Gasteiger partial charge in [0.25, 0.3) is 0 Å². The molecular weight excluding hydrogens is 276 g/mol. The van der Waals surface area contributed by atoms with Crippen LogP contribution >= 0.6 is 15.9 Å². The predicted octanol–water partition coefficient (Wildman–Crippen LogP) is 2.17. The van der Waals surface area contributed by atoms with Crippen molar-refractivity contribution >= 4 is 28.3 Å². The molecule has 1 aromatic rings. The molecule has 0 unspecified atom stereocenters. The van der Waals surface area contributed by atoms with Crippen LogP contribution in [0.2, 0.25) is 6.82 Å². The summed E-state index contributed by atoms with van der Waals surface area (Å²) in [4.78, 5) is 0. The van der Waals surface area contributed by atoms with Crippen molar-refractivity contribution in [3.8, 4) is 5.75 Å². The normalized spacial score (nSPS) is 11.3. The van der Waals surface area contributed by atoms with Gasteiger partial charge in [-0.15, -0.1) is 13.2 Å². The molecule has 0 saturated heterocycles. The summed E-state index contributed by atoms with van der Waals surface area (Å²) in [5.41, 5.74) is 0.351. The summed E-state index contributed by atoms with van der Waals surface area (Å²) in [7, 11) is 0. The molecule has 0 saturated carbocycles. The first-order valence-corrected chi connectivity index (χ1v) is 4.81. The van der Waals surface area contributed by atoms with Crippen LogP contribution in [0.5, 0.6) is 5.75 Å². The molecule has 0 heterocycles. The molecular formula is C8H7BBrF3O2. The Balaban J connectivity index is 2.99. The highest BCUT2D eigenvalue weighted by atomic mass is 79.9. The SMILES string of the molecule is CB(O)c1cc(Br)cc(OC(F)(F)F)c1. The maximum Gasteiger partial charge on any atom is 0.573 e. The highest BCUT2D eigenvalue weighted by Gasteiger charge is 2.31. The van der Waals surface area contributed by atoms with Gasteiger partial charge in [-0.3, -0.25) is 0 Å². The lowest BCUT2D eigenvalue weighted by Crippen LogP contribution is -2.27. The van der Waals surface area contributed by atoms with Crippen molar-refractivity contribution in [2.45, 2.75) is 13.2 Å². The van der Waals surface area contributed by atoms with Crippen molar-refractivity contribution in [1.29, 1.82) is 0 Å². The Kier molecular flexibility index (Phi) is 3.67. The van der Waals surface area contributed by atoms with Crippen LogP contribution in [0.1, 0.15) is 0 Å². The lowest BCUT2D eigenvalue weighted by atomic mass is 9.64. The van der Waals surface area contributed by atoms with Gasteiger partial charge in [0.1, 0.15) is 5.75 Å². The minimum absolute atomic E-state index is 0.351. The summed E-state index contributed by atoms with van der Waals surface area (Å²) in [6.07, 6.45) is -4.73. The fourth-order valence-corrected chi connectivity index (χ4v) is 1.51. The van der Waals surface area contributed by atoms with E-state index < -0.39 is 13.3 Å². The van der Waals surface area contributed by atoms with Crippen molar-refractivity contribution in [3.63, 3.8) is 0 Å². The molecule has 0 bridgehead atoms. The number of benzene rings is 1. The van der Waals surface area contributed by atoms with Gasteiger partial charge in [0.05, 0.1) is 0 Å².